The van der Waals surface area contributed by atoms with Gasteiger partial charge in [0.2, 0.25) is 0 Å². The molecule has 0 atom stereocenters. The highest BCUT2D eigenvalue weighted by Gasteiger charge is 2.34. The Hall–Kier alpha value is -1.84. The lowest BCUT2D eigenvalue weighted by Crippen LogP contribution is -2.30. The number of aryl methyl sites for hydroxylation is 2. The van der Waals surface area contributed by atoms with Gasteiger partial charge in [-0.05, 0) is 25.0 Å². The molecular formula is C11H11NO3. The first-order valence-corrected chi connectivity index (χ1v) is 4.67. The smallest absolute Gasteiger partial charge is 0.421 e. The summed E-state index contributed by atoms with van der Waals surface area (Å²) in [5.41, 5.74) is 2.43. The van der Waals surface area contributed by atoms with Gasteiger partial charge in [-0.2, -0.15) is 0 Å². The van der Waals surface area contributed by atoms with Gasteiger partial charge in [0, 0.05) is 0 Å². The molecule has 0 saturated carbocycles. The third-order valence-corrected chi connectivity index (χ3v) is 2.41. The molecule has 0 spiro atoms. The van der Waals surface area contributed by atoms with Crippen molar-refractivity contribution in [3.8, 4) is 0 Å². The minimum atomic E-state index is -0.586. The largest absolute Gasteiger partial charge is 0.439 e. The highest BCUT2D eigenvalue weighted by molar-refractivity contribution is 6.17. The fourth-order valence-corrected chi connectivity index (χ4v) is 1.73. The number of carbonyl (C=O) groups excluding carboxylic acids is 2. The SMILES string of the molecule is Cc1cccc(C)c1N1C(=O)COC1=O. The third kappa shape index (κ3) is 1.48. The molecule has 4 heteroatoms. The normalized spacial score (nSPS) is 15.7. The summed E-state index contributed by atoms with van der Waals surface area (Å²) in [7, 11) is 0. The van der Waals surface area contributed by atoms with E-state index in [9.17, 15) is 9.59 Å². The minimum Gasteiger partial charge on any atom is -0.439 e. The standard InChI is InChI=1S/C11H11NO3/c1-7-4-3-5-8(2)10(7)12-9(13)6-15-11(12)14/h3-5H,6H2,1-2H3. The molecule has 1 aliphatic heterocycles. The van der Waals surface area contributed by atoms with Crippen LogP contribution in [0.1, 0.15) is 11.1 Å². The van der Waals surface area contributed by atoms with Crippen LogP contribution < -0.4 is 4.90 Å². The molecule has 1 fully saturated rings. The van der Waals surface area contributed by atoms with E-state index >= 15 is 0 Å². The van der Waals surface area contributed by atoms with E-state index in [2.05, 4.69) is 4.74 Å². The molecule has 15 heavy (non-hydrogen) atoms. The van der Waals surface area contributed by atoms with Crippen molar-refractivity contribution in [3.63, 3.8) is 0 Å². The summed E-state index contributed by atoms with van der Waals surface area (Å²) in [6.45, 7) is 3.56. The predicted molar refractivity (Wildman–Crippen MR) is 54.8 cm³/mol. The van der Waals surface area contributed by atoms with E-state index in [1.54, 1.807) is 0 Å². The third-order valence-electron chi connectivity index (χ3n) is 2.41. The highest BCUT2D eigenvalue weighted by atomic mass is 16.6. The zero-order valence-corrected chi connectivity index (χ0v) is 8.61. The number of imide groups is 1. The van der Waals surface area contributed by atoms with Crippen LogP contribution in [0, 0.1) is 13.8 Å². The molecule has 78 valence electrons. The van der Waals surface area contributed by atoms with Crippen molar-refractivity contribution in [1.82, 2.24) is 0 Å². The number of cyclic esters (lactones) is 1. The van der Waals surface area contributed by atoms with E-state index < -0.39 is 6.09 Å². The summed E-state index contributed by atoms with van der Waals surface area (Å²) in [4.78, 5) is 23.9. The van der Waals surface area contributed by atoms with Crippen molar-refractivity contribution in [2.24, 2.45) is 0 Å². The summed E-state index contributed by atoms with van der Waals surface area (Å²) in [6, 6.07) is 5.61. The van der Waals surface area contributed by atoms with Gasteiger partial charge in [0.25, 0.3) is 5.91 Å². The Kier molecular flexibility index (Phi) is 2.19. The number of benzene rings is 1. The van der Waals surface area contributed by atoms with Gasteiger partial charge in [-0.1, -0.05) is 18.2 Å². The predicted octanol–water partition coefficient (Wildman–Crippen LogP) is 1.79. The van der Waals surface area contributed by atoms with E-state index in [-0.39, 0.29) is 12.5 Å². The van der Waals surface area contributed by atoms with Crippen molar-refractivity contribution in [2.45, 2.75) is 13.8 Å². The molecule has 0 bridgehead atoms. The average molecular weight is 205 g/mol. The lowest BCUT2D eigenvalue weighted by atomic mass is 10.1. The van der Waals surface area contributed by atoms with Crippen LogP contribution in [0.2, 0.25) is 0 Å². The van der Waals surface area contributed by atoms with Crippen molar-refractivity contribution in [1.29, 1.82) is 0 Å². The molecule has 0 unspecified atom stereocenters. The molecular weight excluding hydrogens is 194 g/mol. The zero-order chi connectivity index (χ0) is 11.0. The lowest BCUT2D eigenvalue weighted by Gasteiger charge is -2.16. The van der Waals surface area contributed by atoms with Gasteiger partial charge in [0.05, 0.1) is 5.69 Å². The number of anilines is 1. The van der Waals surface area contributed by atoms with Gasteiger partial charge in [0.1, 0.15) is 0 Å². The minimum absolute atomic E-state index is 0.160. The number of ether oxygens (including phenoxy) is 1. The van der Waals surface area contributed by atoms with Crippen LogP contribution in [0.25, 0.3) is 0 Å². The quantitative estimate of drug-likeness (QED) is 0.702. The summed E-state index contributed by atoms with van der Waals surface area (Å²) < 4.78 is 4.68. The van der Waals surface area contributed by atoms with Crippen LogP contribution in [0.5, 0.6) is 0 Å². The first kappa shape index (κ1) is 9.71. The molecule has 1 aliphatic rings. The average Bonchev–Trinajstić information content (AvgIpc) is 2.49. The van der Waals surface area contributed by atoms with Crippen LogP contribution >= 0.6 is 0 Å². The van der Waals surface area contributed by atoms with E-state index in [1.807, 2.05) is 32.0 Å². The van der Waals surface area contributed by atoms with E-state index in [0.29, 0.717) is 5.69 Å². The Morgan fingerprint density at radius 1 is 1.20 bits per heavy atom. The second-order valence-corrected chi connectivity index (χ2v) is 3.52. The zero-order valence-electron chi connectivity index (χ0n) is 8.61. The van der Waals surface area contributed by atoms with Gasteiger partial charge in [0.15, 0.2) is 6.61 Å². The molecule has 0 aliphatic carbocycles. The van der Waals surface area contributed by atoms with Gasteiger partial charge >= 0.3 is 6.09 Å². The monoisotopic (exact) mass is 205 g/mol. The number of carbonyl (C=O) groups is 2. The number of para-hydroxylation sites is 1. The molecule has 1 aromatic carbocycles. The van der Waals surface area contributed by atoms with Gasteiger partial charge in [-0.25, -0.2) is 9.69 Å². The van der Waals surface area contributed by atoms with Crippen LogP contribution in [0.4, 0.5) is 10.5 Å². The van der Waals surface area contributed by atoms with Gasteiger partial charge in [-0.3, -0.25) is 4.79 Å². The van der Waals surface area contributed by atoms with Crippen LogP contribution in [0.3, 0.4) is 0 Å². The number of hydrogen-bond acceptors (Lipinski definition) is 3. The molecule has 0 radical (unpaired) electrons. The maximum Gasteiger partial charge on any atom is 0.421 e. The van der Waals surface area contributed by atoms with Crippen molar-refractivity contribution >= 4 is 17.7 Å². The Morgan fingerprint density at radius 2 is 1.80 bits per heavy atom. The molecule has 0 aromatic heterocycles. The summed E-state index contributed by atoms with van der Waals surface area (Å²) in [5.74, 6) is -0.308. The first-order chi connectivity index (χ1) is 7.11. The Balaban J connectivity index is 2.53. The Labute approximate surface area is 87.4 Å². The van der Waals surface area contributed by atoms with Crippen LogP contribution in [-0.2, 0) is 9.53 Å². The second-order valence-electron chi connectivity index (χ2n) is 3.52. The molecule has 1 saturated heterocycles. The first-order valence-electron chi connectivity index (χ1n) is 4.67. The van der Waals surface area contributed by atoms with Crippen LogP contribution in [0.15, 0.2) is 18.2 Å². The Morgan fingerprint density at radius 3 is 2.27 bits per heavy atom. The summed E-state index contributed by atoms with van der Waals surface area (Å²) in [5, 5.41) is 0. The van der Waals surface area contributed by atoms with Gasteiger partial charge in [-0.15, -0.1) is 0 Å². The number of rotatable bonds is 1. The highest BCUT2D eigenvalue weighted by Crippen LogP contribution is 2.27. The maximum absolute atomic E-state index is 11.5. The number of hydrogen-bond donors (Lipinski definition) is 0. The Bertz CT molecular complexity index is 403. The topological polar surface area (TPSA) is 46.6 Å². The molecule has 1 heterocycles. The molecule has 2 amide bonds. The van der Waals surface area contributed by atoms with E-state index in [1.165, 1.54) is 0 Å². The van der Waals surface area contributed by atoms with E-state index in [4.69, 9.17) is 0 Å². The lowest BCUT2D eigenvalue weighted by molar-refractivity contribution is -0.117. The maximum atomic E-state index is 11.5. The fraction of sp³-hybridized carbons (Fsp3) is 0.273. The van der Waals surface area contributed by atoms with Gasteiger partial charge < -0.3 is 4.74 Å². The van der Waals surface area contributed by atoms with Crippen molar-refractivity contribution in [2.75, 3.05) is 11.5 Å². The summed E-state index contributed by atoms with van der Waals surface area (Å²) >= 11 is 0. The number of nitrogens with zero attached hydrogens (tertiary/aromatic N) is 1. The molecule has 2 rings (SSSR count). The van der Waals surface area contributed by atoms with Crippen LogP contribution in [-0.4, -0.2) is 18.6 Å². The van der Waals surface area contributed by atoms with E-state index in [0.717, 1.165) is 16.0 Å². The molecule has 1 aromatic rings. The second kappa shape index (κ2) is 3.38. The van der Waals surface area contributed by atoms with Crippen molar-refractivity contribution < 1.29 is 14.3 Å². The number of amides is 2. The fourth-order valence-electron chi connectivity index (χ4n) is 1.73. The molecule has 4 nitrogen and oxygen atoms in total. The summed E-state index contributed by atoms with van der Waals surface area (Å²) in [6.07, 6.45) is -0.586. The molecule has 0 N–H and O–H groups in total. The van der Waals surface area contributed by atoms with Crippen molar-refractivity contribution in [3.05, 3.63) is 29.3 Å².